The molecule has 10 aromatic rings. The third-order valence-corrected chi connectivity index (χ3v) is 10.5. The van der Waals surface area contributed by atoms with E-state index in [1.807, 2.05) is 0 Å². The number of aromatic nitrogens is 1. The summed E-state index contributed by atoms with van der Waals surface area (Å²) in [5.41, 5.74) is 13.9. The highest BCUT2D eigenvalue weighted by atomic mass is 15.1. The van der Waals surface area contributed by atoms with E-state index in [-0.39, 0.29) is 0 Å². The molecule has 54 heavy (non-hydrogen) atoms. The second-order valence-electron chi connectivity index (χ2n) is 13.8. The topological polar surface area (TPSA) is 8.17 Å². The fourth-order valence-corrected chi connectivity index (χ4v) is 8.00. The molecule has 0 saturated heterocycles. The number of anilines is 3. The van der Waals surface area contributed by atoms with Gasteiger partial charge in [-0.1, -0.05) is 158 Å². The highest BCUT2D eigenvalue weighted by molar-refractivity contribution is 6.10. The van der Waals surface area contributed by atoms with Crippen LogP contribution in [-0.4, -0.2) is 4.57 Å². The van der Waals surface area contributed by atoms with E-state index >= 15 is 0 Å². The third kappa shape index (κ3) is 5.62. The summed E-state index contributed by atoms with van der Waals surface area (Å²) in [4.78, 5) is 2.42. The predicted molar refractivity (Wildman–Crippen MR) is 229 cm³/mol. The van der Waals surface area contributed by atoms with Crippen molar-refractivity contribution in [3.63, 3.8) is 0 Å². The molecule has 0 unspecified atom stereocenters. The van der Waals surface area contributed by atoms with Crippen LogP contribution in [0.5, 0.6) is 0 Å². The molecule has 0 aliphatic rings. The van der Waals surface area contributed by atoms with Gasteiger partial charge in [0.25, 0.3) is 0 Å². The fraction of sp³-hybridized carbons (Fsp3) is 0. The summed E-state index contributed by atoms with van der Waals surface area (Å²) >= 11 is 0. The molecule has 0 atom stereocenters. The summed E-state index contributed by atoms with van der Waals surface area (Å²) in [6.07, 6.45) is 0. The van der Waals surface area contributed by atoms with Gasteiger partial charge in [0.1, 0.15) is 0 Å². The Labute approximate surface area is 315 Å². The number of rotatable bonds is 7. The van der Waals surface area contributed by atoms with Crippen molar-refractivity contribution in [2.45, 2.75) is 0 Å². The van der Waals surface area contributed by atoms with Crippen LogP contribution in [-0.2, 0) is 0 Å². The van der Waals surface area contributed by atoms with E-state index in [4.69, 9.17) is 0 Å². The molecule has 2 nitrogen and oxygen atoms in total. The van der Waals surface area contributed by atoms with E-state index in [2.05, 4.69) is 228 Å². The van der Waals surface area contributed by atoms with Crippen molar-refractivity contribution in [3.8, 4) is 39.1 Å². The van der Waals surface area contributed by atoms with Gasteiger partial charge in [-0.05, 0) is 105 Å². The Morgan fingerprint density at radius 1 is 0.296 bits per heavy atom. The molecule has 0 spiro atoms. The monoisotopic (exact) mass is 688 g/mol. The van der Waals surface area contributed by atoms with Crippen molar-refractivity contribution in [2.75, 3.05) is 4.90 Å². The summed E-state index contributed by atoms with van der Waals surface area (Å²) in [6, 6.07) is 79.0. The molecule has 0 bridgehead atoms. The zero-order valence-electron chi connectivity index (χ0n) is 29.7. The number of hydrogen-bond acceptors (Lipinski definition) is 1. The van der Waals surface area contributed by atoms with Crippen LogP contribution in [0.4, 0.5) is 17.1 Å². The van der Waals surface area contributed by atoms with Gasteiger partial charge in [-0.25, -0.2) is 0 Å². The van der Waals surface area contributed by atoms with Crippen molar-refractivity contribution in [3.05, 3.63) is 218 Å². The Hall–Kier alpha value is -7.16. The maximum atomic E-state index is 2.42. The van der Waals surface area contributed by atoms with Gasteiger partial charge in [0, 0.05) is 33.5 Å². The first kappa shape index (κ1) is 31.6. The standard InChI is InChI=1S/C52H36N2/c1-4-15-37(16-5-1)39-27-29-44(30-28-39)53(45-31-32-50-49-24-12-13-26-51(49)54(52(50)36-45)43-21-8-3-9-22-43)46-34-41(38-17-6-2-7-18-38)33-42(35-46)48-25-14-20-40-19-10-11-23-47(40)48/h1-36H. The van der Waals surface area contributed by atoms with E-state index in [1.165, 1.54) is 66.0 Å². The molecule has 2 heteroatoms. The first-order valence-electron chi connectivity index (χ1n) is 18.5. The van der Waals surface area contributed by atoms with Gasteiger partial charge >= 0.3 is 0 Å². The molecule has 0 N–H and O–H groups in total. The zero-order valence-corrected chi connectivity index (χ0v) is 29.7. The SMILES string of the molecule is c1ccc(-c2ccc(N(c3cc(-c4ccccc4)cc(-c4cccc5ccccc45)c3)c3ccc4c5ccccc5n(-c5ccccc5)c4c3)cc2)cc1. The summed E-state index contributed by atoms with van der Waals surface area (Å²) < 4.78 is 2.40. The van der Waals surface area contributed by atoms with E-state index in [9.17, 15) is 0 Å². The van der Waals surface area contributed by atoms with Crippen molar-refractivity contribution >= 4 is 49.6 Å². The van der Waals surface area contributed by atoms with Gasteiger partial charge in [0.15, 0.2) is 0 Å². The van der Waals surface area contributed by atoms with Crippen LogP contribution in [0, 0.1) is 0 Å². The molecule has 0 aliphatic heterocycles. The Morgan fingerprint density at radius 3 is 1.61 bits per heavy atom. The molecule has 0 amide bonds. The maximum Gasteiger partial charge on any atom is 0.0561 e. The highest BCUT2D eigenvalue weighted by Gasteiger charge is 2.20. The minimum absolute atomic E-state index is 1.09. The van der Waals surface area contributed by atoms with Crippen LogP contribution in [0.15, 0.2) is 218 Å². The number of nitrogens with zero attached hydrogens (tertiary/aromatic N) is 2. The van der Waals surface area contributed by atoms with E-state index < -0.39 is 0 Å². The van der Waals surface area contributed by atoms with E-state index in [0.29, 0.717) is 0 Å². The summed E-state index contributed by atoms with van der Waals surface area (Å²) in [5.74, 6) is 0. The summed E-state index contributed by atoms with van der Waals surface area (Å²) in [6.45, 7) is 0. The average Bonchev–Trinajstić information content (AvgIpc) is 3.58. The molecule has 9 aromatic carbocycles. The minimum Gasteiger partial charge on any atom is -0.310 e. The van der Waals surface area contributed by atoms with Gasteiger partial charge in [-0.3, -0.25) is 0 Å². The Balaban J connectivity index is 1.24. The van der Waals surface area contributed by atoms with Crippen LogP contribution in [0.3, 0.4) is 0 Å². The molecule has 10 rings (SSSR count). The number of benzene rings is 9. The largest absolute Gasteiger partial charge is 0.310 e. The molecule has 1 aromatic heterocycles. The first-order valence-corrected chi connectivity index (χ1v) is 18.5. The average molecular weight is 689 g/mol. The van der Waals surface area contributed by atoms with E-state index in [0.717, 1.165) is 22.7 Å². The summed E-state index contributed by atoms with van der Waals surface area (Å²) in [7, 11) is 0. The Morgan fingerprint density at radius 2 is 0.852 bits per heavy atom. The van der Waals surface area contributed by atoms with Crippen molar-refractivity contribution in [2.24, 2.45) is 0 Å². The highest BCUT2D eigenvalue weighted by Crippen LogP contribution is 2.43. The van der Waals surface area contributed by atoms with Crippen LogP contribution < -0.4 is 4.90 Å². The number of hydrogen-bond donors (Lipinski definition) is 0. The number of fused-ring (bicyclic) bond motifs is 4. The van der Waals surface area contributed by atoms with Crippen molar-refractivity contribution in [1.82, 2.24) is 4.57 Å². The molecule has 254 valence electrons. The van der Waals surface area contributed by atoms with Crippen LogP contribution in [0.2, 0.25) is 0 Å². The smallest absolute Gasteiger partial charge is 0.0561 e. The van der Waals surface area contributed by atoms with Crippen molar-refractivity contribution < 1.29 is 0 Å². The van der Waals surface area contributed by atoms with E-state index in [1.54, 1.807) is 0 Å². The fourth-order valence-electron chi connectivity index (χ4n) is 8.00. The quantitative estimate of drug-likeness (QED) is 0.162. The second kappa shape index (κ2) is 13.4. The summed E-state index contributed by atoms with van der Waals surface area (Å²) in [5, 5.41) is 4.94. The van der Waals surface area contributed by atoms with Gasteiger partial charge in [0.2, 0.25) is 0 Å². The molecule has 0 saturated carbocycles. The van der Waals surface area contributed by atoms with Gasteiger partial charge in [-0.2, -0.15) is 0 Å². The lowest BCUT2D eigenvalue weighted by Crippen LogP contribution is -2.10. The lowest BCUT2D eigenvalue weighted by atomic mass is 9.94. The lowest BCUT2D eigenvalue weighted by molar-refractivity contribution is 1.18. The lowest BCUT2D eigenvalue weighted by Gasteiger charge is -2.27. The molecule has 1 heterocycles. The van der Waals surface area contributed by atoms with Gasteiger partial charge in [0.05, 0.1) is 11.0 Å². The maximum absolute atomic E-state index is 2.42. The van der Waals surface area contributed by atoms with Gasteiger partial charge < -0.3 is 9.47 Å². The van der Waals surface area contributed by atoms with Crippen LogP contribution >= 0.6 is 0 Å². The second-order valence-corrected chi connectivity index (χ2v) is 13.8. The Kier molecular flexibility index (Phi) is 7.85. The molecule has 0 aliphatic carbocycles. The molecule has 0 radical (unpaired) electrons. The Bertz CT molecular complexity index is 2900. The van der Waals surface area contributed by atoms with Crippen LogP contribution in [0.1, 0.15) is 0 Å². The van der Waals surface area contributed by atoms with Crippen LogP contribution in [0.25, 0.3) is 71.6 Å². The molecular weight excluding hydrogens is 653 g/mol. The minimum atomic E-state index is 1.09. The van der Waals surface area contributed by atoms with Crippen molar-refractivity contribution in [1.29, 1.82) is 0 Å². The normalized spacial score (nSPS) is 11.3. The zero-order chi connectivity index (χ0) is 35.8. The first-order chi connectivity index (χ1) is 26.8. The molecule has 0 fully saturated rings. The van der Waals surface area contributed by atoms with Gasteiger partial charge in [-0.15, -0.1) is 0 Å². The third-order valence-electron chi connectivity index (χ3n) is 10.5. The molecular formula is C52H36N2. The number of para-hydroxylation sites is 2. The predicted octanol–water partition coefficient (Wildman–Crippen LogP) is 14.4.